The van der Waals surface area contributed by atoms with Crippen LogP contribution in [-0.2, 0) is 0 Å². The molecule has 0 aromatic heterocycles. The Kier molecular flexibility index (Phi) is 4.12. The number of rotatable bonds is 2. The molecule has 0 atom stereocenters. The zero-order valence-electron chi connectivity index (χ0n) is 8.20. The van der Waals surface area contributed by atoms with Crippen LogP contribution in [0.4, 0.5) is 4.39 Å². The van der Waals surface area contributed by atoms with Gasteiger partial charge in [-0.15, -0.1) is 0 Å². The Balaban J connectivity index is 2.43. The van der Waals surface area contributed by atoms with E-state index in [4.69, 9.17) is 0 Å². The van der Waals surface area contributed by atoms with Crippen molar-refractivity contribution in [1.82, 2.24) is 0 Å². The molecule has 0 aliphatic rings. The van der Waals surface area contributed by atoms with Crippen molar-refractivity contribution in [3.8, 4) is 11.1 Å². The first-order chi connectivity index (χ1) is 7.68. The second-order valence-corrected chi connectivity index (χ2v) is 11.3. The van der Waals surface area contributed by atoms with Gasteiger partial charge in [0.2, 0.25) is 0 Å². The van der Waals surface area contributed by atoms with Gasteiger partial charge in [-0.3, -0.25) is 0 Å². The third kappa shape index (κ3) is 2.71. The van der Waals surface area contributed by atoms with Crippen LogP contribution in [0.25, 0.3) is 11.1 Å². The van der Waals surface area contributed by atoms with E-state index in [0.717, 1.165) is 11.1 Å². The summed E-state index contributed by atoms with van der Waals surface area (Å²) in [5, 5.41) is -0.0721. The molecule has 2 aromatic carbocycles. The van der Waals surface area contributed by atoms with Crippen molar-refractivity contribution >= 4 is 41.6 Å². The molecule has 0 fully saturated rings. The van der Waals surface area contributed by atoms with Crippen molar-refractivity contribution in [3.63, 3.8) is 0 Å². The quantitative estimate of drug-likeness (QED) is 0.643. The molecule has 4 heteroatoms. The van der Waals surface area contributed by atoms with E-state index < -0.39 is 5.33 Å². The molecule has 0 saturated carbocycles. The zero-order chi connectivity index (χ0) is 11.5. The molecule has 0 nitrogen and oxygen atoms in total. The topological polar surface area (TPSA) is 0 Å². The molecule has 0 aliphatic carbocycles. The van der Waals surface area contributed by atoms with E-state index in [1.165, 1.54) is 0 Å². The third-order valence-electron chi connectivity index (χ3n) is 2.24. The van der Waals surface area contributed by atoms with Gasteiger partial charge in [0, 0.05) is 5.30 Å². The summed E-state index contributed by atoms with van der Waals surface area (Å²) in [6.07, 6.45) is 0. The average Bonchev–Trinajstić information content (AvgIpc) is 2.29. The summed E-state index contributed by atoms with van der Waals surface area (Å²) in [6.45, 7) is 0. The van der Waals surface area contributed by atoms with Crippen molar-refractivity contribution in [3.05, 3.63) is 54.3 Å². The molecule has 0 radical (unpaired) electrons. The lowest BCUT2D eigenvalue weighted by atomic mass is 10.1. The highest BCUT2D eigenvalue weighted by Crippen LogP contribution is 2.51. The lowest BCUT2D eigenvalue weighted by Gasteiger charge is -2.06. The van der Waals surface area contributed by atoms with Gasteiger partial charge in [-0.25, -0.2) is 4.39 Å². The highest BCUT2D eigenvalue weighted by molar-refractivity contribution is 9.70. The predicted octanol–water partition coefficient (Wildman–Crippen LogP) is 5.22. The molecular weight excluding hydrogens is 354 g/mol. The molecule has 0 N–H and O–H groups in total. The summed E-state index contributed by atoms with van der Waals surface area (Å²) in [5.41, 5.74) is 1.93. The molecule has 0 saturated heterocycles. The van der Waals surface area contributed by atoms with Gasteiger partial charge in [0.15, 0.2) is 0 Å². The summed E-state index contributed by atoms with van der Waals surface area (Å²) in [7, 11) is 0. The molecule has 2 aromatic rings. The first-order valence-electron chi connectivity index (χ1n) is 4.65. The summed E-state index contributed by atoms with van der Waals surface area (Å²) >= 11 is 6.71. The fourth-order valence-corrected chi connectivity index (χ4v) is 3.59. The van der Waals surface area contributed by atoms with Gasteiger partial charge in [-0.2, -0.15) is 0 Å². The minimum atomic E-state index is -0.748. The Bertz CT molecular complexity index is 486. The van der Waals surface area contributed by atoms with Crippen LogP contribution >= 0.6 is 36.3 Å². The first-order valence-corrected chi connectivity index (χ1v) is 10.0. The smallest absolute Gasteiger partial charge is 0.133 e. The van der Waals surface area contributed by atoms with Crippen LogP contribution in [0.2, 0.25) is 0 Å². The maximum atomic E-state index is 13.7. The van der Waals surface area contributed by atoms with Crippen molar-refractivity contribution in [2.75, 3.05) is 0 Å². The summed E-state index contributed by atoms with van der Waals surface area (Å²) in [5.74, 6) is -0.179. The van der Waals surface area contributed by atoms with Crippen LogP contribution in [0, 0.1) is 5.82 Å². The van der Waals surface area contributed by atoms with E-state index >= 15 is 0 Å². The van der Waals surface area contributed by atoms with Gasteiger partial charge in [-0.1, -0.05) is 36.4 Å². The van der Waals surface area contributed by atoms with Gasteiger partial charge in [-0.05, 0) is 54.2 Å². The monoisotopic (exact) mass is 360 g/mol. The van der Waals surface area contributed by atoms with Crippen LogP contribution in [0.1, 0.15) is 0 Å². The fraction of sp³-hybridized carbons (Fsp3) is 0. The Morgan fingerprint density at radius 3 is 2.12 bits per heavy atom. The lowest BCUT2D eigenvalue weighted by molar-refractivity contribution is 0.637. The van der Waals surface area contributed by atoms with E-state index in [-0.39, 0.29) is 5.82 Å². The molecule has 0 heterocycles. The van der Waals surface area contributed by atoms with Gasteiger partial charge in [0.05, 0.1) is 5.33 Å². The second kappa shape index (κ2) is 5.39. The standard InChI is InChI=1S/C12H8Br2FP/c13-16(14)12-7-6-10(8-11(12)15)9-4-2-1-3-5-9/h1-8H. The SMILES string of the molecule is Fc1cc(-c2ccccc2)ccc1P(Br)Br. The van der Waals surface area contributed by atoms with Gasteiger partial charge < -0.3 is 0 Å². The summed E-state index contributed by atoms with van der Waals surface area (Å²) < 4.78 is 13.7. The number of hydrogen-bond donors (Lipinski definition) is 0. The summed E-state index contributed by atoms with van der Waals surface area (Å²) in [4.78, 5) is 0. The predicted molar refractivity (Wildman–Crippen MR) is 76.2 cm³/mol. The van der Waals surface area contributed by atoms with E-state index in [9.17, 15) is 4.39 Å². The molecule has 0 aliphatic heterocycles. The Hall–Kier alpha value is -0.240. The molecule has 0 unspecified atom stereocenters. The summed E-state index contributed by atoms with van der Waals surface area (Å²) in [6, 6.07) is 15.1. The maximum absolute atomic E-state index is 13.7. The van der Waals surface area contributed by atoms with Crippen molar-refractivity contribution in [2.45, 2.75) is 0 Å². The highest BCUT2D eigenvalue weighted by Gasteiger charge is 2.10. The van der Waals surface area contributed by atoms with Crippen molar-refractivity contribution in [2.24, 2.45) is 0 Å². The Labute approximate surface area is 111 Å². The van der Waals surface area contributed by atoms with Crippen LogP contribution in [0.15, 0.2) is 48.5 Å². The number of benzene rings is 2. The molecular formula is C12H8Br2FP. The molecule has 16 heavy (non-hydrogen) atoms. The van der Waals surface area contributed by atoms with E-state index in [2.05, 4.69) is 31.0 Å². The largest absolute Gasteiger partial charge is 0.206 e. The number of hydrogen-bond acceptors (Lipinski definition) is 0. The van der Waals surface area contributed by atoms with Crippen LogP contribution in [0.5, 0.6) is 0 Å². The molecule has 2 rings (SSSR count). The Morgan fingerprint density at radius 1 is 0.875 bits per heavy atom. The van der Waals surface area contributed by atoms with Crippen LogP contribution in [-0.4, -0.2) is 0 Å². The minimum absolute atomic E-state index is 0.179. The van der Waals surface area contributed by atoms with E-state index in [1.807, 2.05) is 42.5 Å². The van der Waals surface area contributed by atoms with Gasteiger partial charge >= 0.3 is 0 Å². The van der Waals surface area contributed by atoms with E-state index in [1.54, 1.807) is 6.07 Å². The molecule has 0 bridgehead atoms. The number of halogens is 3. The lowest BCUT2D eigenvalue weighted by Crippen LogP contribution is -2.01. The normalized spacial score (nSPS) is 10.8. The van der Waals surface area contributed by atoms with Crippen molar-refractivity contribution < 1.29 is 4.39 Å². The second-order valence-electron chi connectivity index (χ2n) is 3.27. The first kappa shape index (κ1) is 12.2. The Morgan fingerprint density at radius 2 is 1.56 bits per heavy atom. The molecule has 0 amide bonds. The maximum Gasteiger partial charge on any atom is 0.133 e. The fourth-order valence-electron chi connectivity index (χ4n) is 1.45. The van der Waals surface area contributed by atoms with Crippen LogP contribution < -0.4 is 5.30 Å². The molecule has 82 valence electrons. The highest BCUT2D eigenvalue weighted by atomic mass is 79.9. The van der Waals surface area contributed by atoms with Crippen molar-refractivity contribution in [1.29, 1.82) is 0 Å². The van der Waals surface area contributed by atoms with Gasteiger partial charge in [0.1, 0.15) is 5.82 Å². The minimum Gasteiger partial charge on any atom is -0.206 e. The van der Waals surface area contributed by atoms with Crippen LogP contribution in [0.3, 0.4) is 0 Å². The van der Waals surface area contributed by atoms with E-state index in [0.29, 0.717) is 5.30 Å². The average molecular weight is 362 g/mol. The zero-order valence-corrected chi connectivity index (χ0v) is 12.3. The van der Waals surface area contributed by atoms with Gasteiger partial charge in [0.25, 0.3) is 0 Å². The third-order valence-corrected chi connectivity index (χ3v) is 5.26. The molecule has 0 spiro atoms.